The number of aliphatic hydroxyl groups is 1. The van der Waals surface area contributed by atoms with E-state index in [-0.39, 0.29) is 35.3 Å². The molecule has 1 aromatic heterocycles. The molecule has 3 atom stereocenters. The van der Waals surface area contributed by atoms with Crippen LogP contribution in [0.4, 0.5) is 8.78 Å². The van der Waals surface area contributed by atoms with Crippen LogP contribution in [0.25, 0.3) is 22.3 Å². The van der Waals surface area contributed by atoms with E-state index in [0.717, 1.165) is 54.5 Å². The maximum Gasteiger partial charge on any atom is 0.251 e. The van der Waals surface area contributed by atoms with Crippen LogP contribution in [0.3, 0.4) is 0 Å². The number of halogens is 2. The molecule has 198 valence electrons. The van der Waals surface area contributed by atoms with Crippen LogP contribution in [0, 0.1) is 23.5 Å². The summed E-state index contributed by atoms with van der Waals surface area (Å²) in [6.07, 6.45) is 4.84. The Balaban J connectivity index is 1.29. The zero-order chi connectivity index (χ0) is 27.1. The summed E-state index contributed by atoms with van der Waals surface area (Å²) in [5.74, 6) is -0.0904. The van der Waals surface area contributed by atoms with Gasteiger partial charge in [0.2, 0.25) is 0 Å². The molecule has 3 aromatic carbocycles. The largest absolute Gasteiger partial charge is 0.513 e. The quantitative estimate of drug-likeness (QED) is 0.254. The van der Waals surface area contributed by atoms with E-state index in [0.29, 0.717) is 34.6 Å². The van der Waals surface area contributed by atoms with Gasteiger partial charge in [0, 0.05) is 17.0 Å². The van der Waals surface area contributed by atoms with E-state index in [1.807, 2.05) is 0 Å². The van der Waals surface area contributed by atoms with Crippen LogP contribution >= 0.6 is 0 Å². The summed E-state index contributed by atoms with van der Waals surface area (Å²) in [6.45, 7) is 3.66. The number of aryl methyl sites for hydroxylation is 2. The lowest BCUT2D eigenvalue weighted by molar-refractivity contribution is 0.0933. The van der Waals surface area contributed by atoms with Gasteiger partial charge in [-0.15, -0.1) is 0 Å². The van der Waals surface area contributed by atoms with Crippen LogP contribution in [0.5, 0.6) is 0 Å². The Bertz CT molecular complexity index is 1580. The summed E-state index contributed by atoms with van der Waals surface area (Å²) in [5, 5.41) is 12.8. The Morgan fingerprint density at radius 2 is 1.79 bits per heavy atom. The van der Waals surface area contributed by atoms with Crippen LogP contribution in [0.2, 0.25) is 0 Å². The molecule has 5 nitrogen and oxygen atoms in total. The molecule has 7 heteroatoms. The topological polar surface area (TPSA) is 75.1 Å². The molecule has 39 heavy (non-hydrogen) atoms. The number of amides is 1. The maximum atomic E-state index is 13.7. The van der Waals surface area contributed by atoms with Gasteiger partial charge in [0.05, 0.1) is 34.2 Å². The first-order chi connectivity index (χ1) is 18.9. The summed E-state index contributed by atoms with van der Waals surface area (Å²) >= 11 is 0. The third-order valence-corrected chi connectivity index (χ3v) is 7.94. The number of nitrogens with one attached hydrogen (secondary N) is 1. The highest BCUT2D eigenvalue weighted by molar-refractivity contribution is 5.97. The van der Waals surface area contributed by atoms with Crippen molar-refractivity contribution in [2.75, 3.05) is 0 Å². The van der Waals surface area contributed by atoms with Crippen LogP contribution in [-0.4, -0.2) is 21.0 Å². The van der Waals surface area contributed by atoms with E-state index in [2.05, 4.69) is 11.9 Å². The lowest BCUT2D eigenvalue weighted by Gasteiger charge is -2.26. The number of allylic oxidation sites excluding steroid dienone is 1. The minimum Gasteiger partial charge on any atom is -0.513 e. The fourth-order valence-electron chi connectivity index (χ4n) is 5.72. The van der Waals surface area contributed by atoms with Gasteiger partial charge in [0.15, 0.2) is 0 Å². The molecule has 2 aliphatic carbocycles. The number of aliphatic hydroxyl groups excluding tert-OH is 1. The molecule has 1 amide bonds. The van der Waals surface area contributed by atoms with Crippen molar-refractivity contribution in [1.29, 1.82) is 0 Å². The smallest absolute Gasteiger partial charge is 0.251 e. The van der Waals surface area contributed by atoms with E-state index < -0.39 is 0 Å². The molecular weight excluding hydrogens is 496 g/mol. The van der Waals surface area contributed by atoms with Gasteiger partial charge < -0.3 is 10.4 Å². The number of benzene rings is 3. The molecule has 0 unspecified atom stereocenters. The number of rotatable bonds is 7. The van der Waals surface area contributed by atoms with E-state index in [1.165, 1.54) is 18.2 Å². The molecule has 0 aliphatic heterocycles. The van der Waals surface area contributed by atoms with Crippen molar-refractivity contribution in [1.82, 2.24) is 15.3 Å². The van der Waals surface area contributed by atoms with Gasteiger partial charge in [-0.05, 0) is 110 Å². The van der Waals surface area contributed by atoms with Crippen molar-refractivity contribution < 1.29 is 18.7 Å². The van der Waals surface area contributed by atoms with Crippen molar-refractivity contribution in [3.63, 3.8) is 0 Å². The summed E-state index contributed by atoms with van der Waals surface area (Å²) < 4.78 is 27.3. The molecule has 2 aliphatic rings. The number of carbonyl (C=O) groups excluding carboxylic acids is 1. The predicted molar refractivity (Wildman–Crippen MR) is 146 cm³/mol. The third kappa shape index (κ3) is 5.26. The van der Waals surface area contributed by atoms with Gasteiger partial charge in [-0.25, -0.2) is 18.7 Å². The fourth-order valence-corrected chi connectivity index (χ4v) is 5.72. The zero-order valence-corrected chi connectivity index (χ0v) is 21.5. The molecule has 0 bridgehead atoms. The van der Waals surface area contributed by atoms with Crippen LogP contribution in [0.1, 0.15) is 58.9 Å². The Hall–Kier alpha value is -4.13. The summed E-state index contributed by atoms with van der Waals surface area (Å²) in [4.78, 5) is 23.0. The standard InChI is InChI=1S/C32H29F2N3O2/c1-18(38)26-16-21(26)7-14-29-31(19-5-9-23(33)10-6-19)36-28-13-8-22(17-30(28)35-29)32(39)37-27-4-2-3-20-15-24(34)11-12-25(20)27/h5-6,8-13,15,17,21,26-27,38H,1-4,7,14,16H2,(H,37,39)/t21-,26+,27+/m0/s1. The van der Waals surface area contributed by atoms with Gasteiger partial charge in [-0.1, -0.05) is 12.6 Å². The van der Waals surface area contributed by atoms with E-state index in [9.17, 15) is 18.7 Å². The lowest BCUT2D eigenvalue weighted by atomic mass is 9.87. The number of fused-ring (bicyclic) bond motifs is 2. The fraction of sp³-hybridized carbons (Fsp3) is 0.281. The zero-order valence-electron chi connectivity index (χ0n) is 21.5. The Labute approximate surface area is 225 Å². The van der Waals surface area contributed by atoms with E-state index >= 15 is 0 Å². The van der Waals surface area contributed by atoms with Crippen molar-refractivity contribution in [2.24, 2.45) is 11.8 Å². The third-order valence-electron chi connectivity index (χ3n) is 7.94. The first-order valence-corrected chi connectivity index (χ1v) is 13.4. The highest BCUT2D eigenvalue weighted by atomic mass is 19.1. The van der Waals surface area contributed by atoms with Gasteiger partial charge in [-0.3, -0.25) is 4.79 Å². The van der Waals surface area contributed by atoms with Crippen molar-refractivity contribution in [3.8, 4) is 11.3 Å². The van der Waals surface area contributed by atoms with Gasteiger partial charge in [0.1, 0.15) is 11.6 Å². The van der Waals surface area contributed by atoms with Crippen molar-refractivity contribution in [2.45, 2.75) is 44.6 Å². The molecule has 2 N–H and O–H groups in total. The summed E-state index contributed by atoms with van der Waals surface area (Å²) in [5.41, 5.74) is 5.85. The molecule has 1 fully saturated rings. The SMILES string of the molecule is C=C(O)[C@H]1C[C@@H]1CCc1nc2cc(C(=O)N[C@@H]3CCCc4cc(F)ccc43)ccc2nc1-c1ccc(F)cc1. The van der Waals surface area contributed by atoms with E-state index in [1.54, 1.807) is 42.5 Å². The second-order valence-corrected chi connectivity index (χ2v) is 10.6. The molecule has 0 radical (unpaired) electrons. The monoisotopic (exact) mass is 525 g/mol. The average molecular weight is 526 g/mol. The predicted octanol–water partition coefficient (Wildman–Crippen LogP) is 7.02. The van der Waals surface area contributed by atoms with Gasteiger partial charge in [-0.2, -0.15) is 0 Å². The molecule has 1 heterocycles. The Morgan fingerprint density at radius 1 is 1.00 bits per heavy atom. The number of carbonyl (C=O) groups is 1. The number of aromatic nitrogens is 2. The van der Waals surface area contributed by atoms with Gasteiger partial charge in [0.25, 0.3) is 5.91 Å². The van der Waals surface area contributed by atoms with Gasteiger partial charge >= 0.3 is 0 Å². The van der Waals surface area contributed by atoms with Crippen LogP contribution in [-0.2, 0) is 12.8 Å². The number of hydrogen-bond donors (Lipinski definition) is 2. The minimum absolute atomic E-state index is 0.129. The molecule has 0 spiro atoms. The summed E-state index contributed by atoms with van der Waals surface area (Å²) in [7, 11) is 0. The highest BCUT2D eigenvalue weighted by Crippen LogP contribution is 2.45. The Morgan fingerprint density at radius 3 is 2.56 bits per heavy atom. The highest BCUT2D eigenvalue weighted by Gasteiger charge is 2.39. The first-order valence-electron chi connectivity index (χ1n) is 13.4. The minimum atomic E-state index is -0.322. The normalized spacial score (nSPS) is 19.9. The lowest BCUT2D eigenvalue weighted by Crippen LogP contribution is -2.31. The Kier molecular flexibility index (Phi) is 6.59. The molecule has 4 aromatic rings. The first kappa shape index (κ1) is 25.2. The molecule has 6 rings (SSSR count). The van der Waals surface area contributed by atoms with Crippen LogP contribution < -0.4 is 5.32 Å². The average Bonchev–Trinajstić information content (AvgIpc) is 3.72. The number of hydrogen-bond acceptors (Lipinski definition) is 4. The molecule has 1 saturated carbocycles. The second kappa shape index (κ2) is 10.2. The number of nitrogens with zero attached hydrogens (tertiary/aromatic N) is 2. The molecule has 0 saturated heterocycles. The molecular formula is C32H29F2N3O2. The van der Waals surface area contributed by atoms with Crippen LogP contribution in [0.15, 0.2) is 73.0 Å². The van der Waals surface area contributed by atoms with E-state index in [4.69, 9.17) is 9.97 Å². The summed E-state index contributed by atoms with van der Waals surface area (Å²) in [6, 6.07) is 16.1. The van der Waals surface area contributed by atoms with Crippen molar-refractivity contribution in [3.05, 3.63) is 107 Å². The second-order valence-electron chi connectivity index (χ2n) is 10.6. The maximum absolute atomic E-state index is 13.7. The van der Waals surface area contributed by atoms with Crippen molar-refractivity contribution >= 4 is 16.9 Å².